The predicted molar refractivity (Wildman–Crippen MR) is 73.8 cm³/mol. The summed E-state index contributed by atoms with van der Waals surface area (Å²) >= 11 is 0. The van der Waals surface area contributed by atoms with Crippen molar-refractivity contribution in [2.24, 2.45) is 0 Å². The number of aromatic nitrogens is 3. The number of urea groups is 1. The van der Waals surface area contributed by atoms with Gasteiger partial charge in [-0.15, -0.1) is 10.2 Å². The molecule has 0 atom stereocenters. The van der Waals surface area contributed by atoms with Crippen molar-refractivity contribution in [2.45, 2.75) is 26.8 Å². The summed E-state index contributed by atoms with van der Waals surface area (Å²) in [7, 11) is 0. The van der Waals surface area contributed by atoms with Crippen LogP contribution in [0.25, 0.3) is 0 Å². The van der Waals surface area contributed by atoms with E-state index in [0.717, 1.165) is 0 Å². The number of nitrogens with zero attached hydrogens (tertiary/aromatic N) is 3. The predicted octanol–water partition coefficient (Wildman–Crippen LogP) is 2.05. The zero-order chi connectivity index (χ0) is 14.5. The summed E-state index contributed by atoms with van der Waals surface area (Å²) in [5.74, 6) is 2.12. The molecule has 2 aromatic heterocycles. The molecule has 0 aromatic carbocycles. The van der Waals surface area contributed by atoms with Gasteiger partial charge in [-0.05, 0) is 32.9 Å². The van der Waals surface area contributed by atoms with E-state index in [9.17, 15) is 4.79 Å². The highest BCUT2D eigenvalue weighted by atomic mass is 16.5. The van der Waals surface area contributed by atoms with Gasteiger partial charge in [0, 0.05) is 12.1 Å². The summed E-state index contributed by atoms with van der Waals surface area (Å²) in [6.45, 7) is 5.54. The number of hydrogen-bond donors (Lipinski definition) is 3. The molecule has 0 aliphatic carbocycles. The van der Waals surface area contributed by atoms with Crippen molar-refractivity contribution < 1.29 is 9.32 Å². The first-order chi connectivity index (χ1) is 9.52. The van der Waals surface area contributed by atoms with Gasteiger partial charge in [0.1, 0.15) is 5.76 Å². The van der Waals surface area contributed by atoms with Gasteiger partial charge in [-0.1, -0.05) is 5.16 Å². The highest BCUT2D eigenvalue weighted by Gasteiger charge is 2.06. The van der Waals surface area contributed by atoms with Crippen LogP contribution in [0, 0.1) is 6.92 Å². The van der Waals surface area contributed by atoms with Gasteiger partial charge in [0.25, 0.3) is 0 Å². The van der Waals surface area contributed by atoms with Crippen molar-refractivity contribution in [1.29, 1.82) is 0 Å². The molecule has 2 aromatic rings. The van der Waals surface area contributed by atoms with E-state index in [4.69, 9.17) is 4.52 Å². The molecule has 2 rings (SSSR count). The summed E-state index contributed by atoms with van der Waals surface area (Å²) in [5, 5.41) is 19.8. The second-order valence-corrected chi connectivity index (χ2v) is 4.50. The Morgan fingerprint density at radius 1 is 1.20 bits per heavy atom. The molecule has 0 spiro atoms. The molecule has 0 bridgehead atoms. The SMILES string of the molecule is Cc1cc(Nc2ccc(NC(=O)NC(C)C)nn2)no1. The molecule has 20 heavy (non-hydrogen) atoms. The highest BCUT2D eigenvalue weighted by Crippen LogP contribution is 2.14. The third kappa shape index (κ3) is 3.94. The van der Waals surface area contributed by atoms with E-state index in [1.807, 2.05) is 13.8 Å². The van der Waals surface area contributed by atoms with E-state index < -0.39 is 0 Å². The third-order valence-electron chi connectivity index (χ3n) is 2.21. The summed E-state index contributed by atoms with van der Waals surface area (Å²) in [6.07, 6.45) is 0. The van der Waals surface area contributed by atoms with E-state index in [0.29, 0.717) is 23.2 Å². The normalized spacial score (nSPS) is 10.4. The van der Waals surface area contributed by atoms with Crippen molar-refractivity contribution in [3.63, 3.8) is 0 Å². The number of amides is 2. The Bertz CT molecular complexity index is 578. The summed E-state index contributed by atoms with van der Waals surface area (Å²) in [4.78, 5) is 11.5. The van der Waals surface area contributed by atoms with Gasteiger partial charge in [0.05, 0.1) is 0 Å². The van der Waals surface area contributed by atoms with Crippen LogP contribution in [0.4, 0.5) is 22.2 Å². The lowest BCUT2D eigenvalue weighted by molar-refractivity contribution is 0.250. The lowest BCUT2D eigenvalue weighted by Crippen LogP contribution is -2.34. The Kier molecular flexibility index (Phi) is 4.14. The zero-order valence-electron chi connectivity index (χ0n) is 11.5. The first kappa shape index (κ1) is 13.8. The average Bonchev–Trinajstić information content (AvgIpc) is 2.76. The Hall–Kier alpha value is -2.64. The Morgan fingerprint density at radius 2 is 1.90 bits per heavy atom. The maximum atomic E-state index is 11.5. The standard InChI is InChI=1S/C12H16N6O2/c1-7(2)13-12(19)15-10-5-4-9(16-17-10)14-11-6-8(3)20-18-11/h4-7H,1-3H3,(H,14,16,18)(H2,13,15,17,19). The van der Waals surface area contributed by atoms with Crippen LogP contribution in [0.1, 0.15) is 19.6 Å². The van der Waals surface area contributed by atoms with E-state index in [1.165, 1.54) is 0 Å². The minimum atomic E-state index is -0.317. The van der Waals surface area contributed by atoms with Gasteiger partial charge in [-0.3, -0.25) is 5.32 Å². The molecule has 0 saturated carbocycles. The van der Waals surface area contributed by atoms with Gasteiger partial charge in [0.2, 0.25) is 0 Å². The first-order valence-electron chi connectivity index (χ1n) is 6.14. The van der Waals surface area contributed by atoms with Crippen molar-refractivity contribution in [3.05, 3.63) is 24.0 Å². The van der Waals surface area contributed by atoms with Crippen LogP contribution in [0.3, 0.4) is 0 Å². The molecule has 106 valence electrons. The van der Waals surface area contributed by atoms with Gasteiger partial charge in [0.15, 0.2) is 17.5 Å². The number of rotatable bonds is 4. The first-order valence-corrected chi connectivity index (χ1v) is 6.14. The average molecular weight is 276 g/mol. The number of nitrogens with one attached hydrogen (secondary N) is 3. The van der Waals surface area contributed by atoms with Crippen molar-refractivity contribution in [3.8, 4) is 0 Å². The number of aryl methyl sites for hydroxylation is 1. The fourth-order valence-electron chi connectivity index (χ4n) is 1.44. The topological polar surface area (TPSA) is 105 Å². The number of carbonyl (C=O) groups excluding carboxylic acids is 1. The summed E-state index contributed by atoms with van der Waals surface area (Å²) < 4.78 is 4.92. The number of anilines is 3. The molecule has 2 amide bonds. The van der Waals surface area contributed by atoms with Crippen LogP contribution in [0.2, 0.25) is 0 Å². The molecular formula is C12H16N6O2. The molecule has 8 nitrogen and oxygen atoms in total. The second-order valence-electron chi connectivity index (χ2n) is 4.50. The monoisotopic (exact) mass is 276 g/mol. The van der Waals surface area contributed by atoms with Crippen LogP contribution < -0.4 is 16.0 Å². The maximum Gasteiger partial charge on any atom is 0.320 e. The molecule has 0 saturated heterocycles. The van der Waals surface area contributed by atoms with Crippen molar-refractivity contribution in [1.82, 2.24) is 20.7 Å². The van der Waals surface area contributed by atoms with Crippen LogP contribution in [0.5, 0.6) is 0 Å². The van der Waals surface area contributed by atoms with E-state index >= 15 is 0 Å². The van der Waals surface area contributed by atoms with Gasteiger partial charge >= 0.3 is 6.03 Å². The van der Waals surface area contributed by atoms with Crippen LogP contribution in [-0.4, -0.2) is 27.4 Å². The second kappa shape index (κ2) is 6.00. The largest absolute Gasteiger partial charge is 0.360 e. The van der Waals surface area contributed by atoms with Gasteiger partial charge < -0.3 is 15.2 Å². The van der Waals surface area contributed by atoms with E-state index in [-0.39, 0.29) is 12.1 Å². The minimum absolute atomic E-state index is 0.0549. The highest BCUT2D eigenvalue weighted by molar-refractivity contribution is 5.88. The Balaban J connectivity index is 1.94. The molecule has 3 N–H and O–H groups in total. The van der Waals surface area contributed by atoms with Crippen LogP contribution in [-0.2, 0) is 0 Å². The number of carbonyl (C=O) groups is 1. The minimum Gasteiger partial charge on any atom is -0.360 e. The Labute approximate surface area is 115 Å². The molecule has 2 heterocycles. The van der Waals surface area contributed by atoms with Gasteiger partial charge in [-0.25, -0.2) is 4.79 Å². The maximum absolute atomic E-state index is 11.5. The van der Waals surface area contributed by atoms with Crippen molar-refractivity contribution >= 4 is 23.5 Å². The van der Waals surface area contributed by atoms with E-state index in [1.54, 1.807) is 25.1 Å². The summed E-state index contributed by atoms with van der Waals surface area (Å²) in [5.41, 5.74) is 0. The fraction of sp³-hybridized carbons (Fsp3) is 0.333. The van der Waals surface area contributed by atoms with Crippen LogP contribution >= 0.6 is 0 Å². The molecule has 8 heteroatoms. The van der Waals surface area contributed by atoms with Crippen molar-refractivity contribution in [2.75, 3.05) is 10.6 Å². The fourth-order valence-corrected chi connectivity index (χ4v) is 1.44. The zero-order valence-corrected chi connectivity index (χ0v) is 11.5. The summed E-state index contributed by atoms with van der Waals surface area (Å²) in [6, 6.07) is 4.80. The quantitative estimate of drug-likeness (QED) is 0.789. The smallest absolute Gasteiger partial charge is 0.320 e. The molecule has 0 aliphatic rings. The van der Waals surface area contributed by atoms with E-state index in [2.05, 4.69) is 31.3 Å². The molecule has 0 radical (unpaired) electrons. The van der Waals surface area contributed by atoms with Crippen LogP contribution in [0.15, 0.2) is 22.7 Å². The third-order valence-corrected chi connectivity index (χ3v) is 2.21. The number of hydrogen-bond acceptors (Lipinski definition) is 6. The Morgan fingerprint density at radius 3 is 2.45 bits per heavy atom. The lowest BCUT2D eigenvalue weighted by atomic mass is 10.4. The molecule has 0 unspecified atom stereocenters. The molecular weight excluding hydrogens is 260 g/mol. The molecule has 0 fully saturated rings. The van der Waals surface area contributed by atoms with Gasteiger partial charge in [-0.2, -0.15) is 0 Å². The molecule has 0 aliphatic heterocycles. The lowest BCUT2D eigenvalue weighted by Gasteiger charge is -2.09.